The monoisotopic (exact) mass is 440 g/mol. The fourth-order valence-electron chi connectivity index (χ4n) is 2.52. The van der Waals surface area contributed by atoms with Gasteiger partial charge in [-0.15, -0.1) is 5.10 Å². The van der Waals surface area contributed by atoms with Crippen LogP contribution in [0.25, 0.3) is 0 Å². The van der Waals surface area contributed by atoms with E-state index in [2.05, 4.69) is 15.6 Å². The van der Waals surface area contributed by atoms with Crippen molar-refractivity contribution in [1.29, 1.82) is 0 Å². The number of amides is 1. The van der Waals surface area contributed by atoms with Crippen molar-refractivity contribution >= 4 is 21.4 Å². The Hall–Kier alpha value is -3.41. The van der Waals surface area contributed by atoms with Crippen LogP contribution in [0.1, 0.15) is 16.1 Å². The van der Waals surface area contributed by atoms with Gasteiger partial charge in [0.25, 0.3) is 15.7 Å². The van der Waals surface area contributed by atoms with Crippen molar-refractivity contribution in [3.05, 3.63) is 66.0 Å². The molecule has 3 rings (SSSR count). The van der Waals surface area contributed by atoms with E-state index >= 15 is 0 Å². The maximum absolute atomic E-state index is 12.8. The molecule has 0 fully saturated rings. The first kappa shape index (κ1) is 21.3. The Kier molecular flexibility index (Phi) is 5.78. The minimum atomic E-state index is -5.59. The third-order valence-corrected chi connectivity index (χ3v) is 5.48. The summed E-state index contributed by atoms with van der Waals surface area (Å²) < 4.78 is 68.1. The number of alkyl halides is 3. The zero-order valence-corrected chi connectivity index (χ0v) is 16.2. The molecule has 30 heavy (non-hydrogen) atoms. The van der Waals surface area contributed by atoms with Crippen LogP contribution in [0.15, 0.2) is 59.6 Å². The van der Waals surface area contributed by atoms with Gasteiger partial charge in [-0.2, -0.15) is 13.2 Å². The Balaban J connectivity index is 1.83. The van der Waals surface area contributed by atoms with E-state index in [0.717, 1.165) is 17.7 Å². The molecule has 0 saturated heterocycles. The largest absolute Gasteiger partial charge is 0.501 e. The number of hydrogen-bond acceptors (Lipinski definition) is 6. The number of halogens is 3. The van der Waals surface area contributed by atoms with Crippen LogP contribution in [0.2, 0.25) is 0 Å². The van der Waals surface area contributed by atoms with Gasteiger partial charge in [0, 0.05) is 0 Å². The molecule has 2 aromatic carbocycles. The van der Waals surface area contributed by atoms with Gasteiger partial charge in [-0.25, -0.2) is 13.1 Å². The van der Waals surface area contributed by atoms with E-state index in [9.17, 15) is 26.4 Å². The predicted molar refractivity (Wildman–Crippen MR) is 99.8 cm³/mol. The van der Waals surface area contributed by atoms with Gasteiger partial charge in [0.05, 0.1) is 30.4 Å². The molecular formula is C18H15F3N4O4S. The van der Waals surface area contributed by atoms with Crippen LogP contribution in [0, 0.1) is 0 Å². The molecule has 158 valence electrons. The third kappa shape index (κ3) is 4.43. The molecule has 0 aliphatic carbocycles. The predicted octanol–water partition coefficient (Wildman–Crippen LogP) is 2.88. The number of nitrogens with zero attached hydrogens (tertiary/aromatic N) is 3. The maximum atomic E-state index is 12.8. The number of anilines is 1. The van der Waals surface area contributed by atoms with Gasteiger partial charge in [-0.3, -0.25) is 4.79 Å². The van der Waals surface area contributed by atoms with Crippen LogP contribution in [0.3, 0.4) is 0 Å². The molecule has 0 aliphatic heterocycles. The highest BCUT2D eigenvalue weighted by Gasteiger charge is 2.47. The van der Waals surface area contributed by atoms with Crippen molar-refractivity contribution in [3.8, 4) is 5.75 Å². The number of ether oxygens (including phenoxy) is 1. The number of benzene rings is 2. The second kappa shape index (κ2) is 8.14. The number of carbonyl (C=O) groups excluding carboxylic acids is 1. The zero-order valence-electron chi connectivity index (χ0n) is 15.4. The molecule has 0 radical (unpaired) electrons. The van der Waals surface area contributed by atoms with Gasteiger partial charge in [-0.05, 0) is 23.8 Å². The molecule has 3 aromatic rings. The molecule has 1 amide bonds. The average Bonchev–Trinajstić information content (AvgIpc) is 3.16. The summed E-state index contributed by atoms with van der Waals surface area (Å²) in [6.07, 6.45) is 1.35. The van der Waals surface area contributed by atoms with E-state index in [4.69, 9.17) is 4.74 Å². The lowest BCUT2D eigenvalue weighted by Gasteiger charge is -2.13. The smallest absolute Gasteiger partial charge is 0.495 e. The van der Waals surface area contributed by atoms with E-state index in [1.165, 1.54) is 18.0 Å². The SMILES string of the molecule is COc1ccc(S(=O)(=O)C(F)(F)F)cc1NC(=O)c1cn(Cc2ccccc2)nn1. The molecule has 1 N–H and O–H groups in total. The van der Waals surface area contributed by atoms with Crippen LogP contribution in [0.4, 0.5) is 18.9 Å². The van der Waals surface area contributed by atoms with Gasteiger partial charge in [-0.1, -0.05) is 35.5 Å². The first-order chi connectivity index (χ1) is 14.1. The number of nitrogens with one attached hydrogen (secondary N) is 1. The maximum Gasteiger partial charge on any atom is 0.501 e. The summed E-state index contributed by atoms with van der Waals surface area (Å²) in [5.41, 5.74) is -4.94. The van der Waals surface area contributed by atoms with E-state index in [1.54, 1.807) is 0 Å². The Bertz CT molecular complexity index is 1160. The molecule has 0 atom stereocenters. The normalized spacial score (nSPS) is 11.9. The van der Waals surface area contributed by atoms with Gasteiger partial charge >= 0.3 is 5.51 Å². The second-order valence-electron chi connectivity index (χ2n) is 6.05. The Morgan fingerprint density at radius 3 is 2.50 bits per heavy atom. The number of sulfone groups is 1. The summed E-state index contributed by atoms with van der Waals surface area (Å²) in [7, 11) is -4.37. The van der Waals surface area contributed by atoms with E-state index < -0.39 is 26.1 Å². The molecule has 0 spiro atoms. The first-order valence-electron chi connectivity index (χ1n) is 8.36. The van der Waals surface area contributed by atoms with Crippen molar-refractivity contribution in [1.82, 2.24) is 15.0 Å². The summed E-state index contributed by atoms with van der Waals surface area (Å²) in [5, 5.41) is 9.88. The summed E-state index contributed by atoms with van der Waals surface area (Å²) in [6, 6.07) is 11.7. The van der Waals surface area contributed by atoms with Crippen LogP contribution >= 0.6 is 0 Å². The van der Waals surface area contributed by atoms with Crippen LogP contribution in [-0.4, -0.2) is 41.9 Å². The summed E-state index contributed by atoms with van der Waals surface area (Å²) in [4.78, 5) is 11.4. The fourth-order valence-corrected chi connectivity index (χ4v) is 3.31. The van der Waals surface area contributed by atoms with Gasteiger partial charge in [0.2, 0.25) is 0 Å². The van der Waals surface area contributed by atoms with Crippen molar-refractivity contribution in [2.75, 3.05) is 12.4 Å². The van der Waals surface area contributed by atoms with E-state index in [0.29, 0.717) is 12.6 Å². The minimum absolute atomic E-state index is 0.0267. The van der Waals surface area contributed by atoms with Gasteiger partial charge in [0.1, 0.15) is 5.75 Å². The number of rotatable bonds is 6. The lowest BCUT2D eigenvalue weighted by Crippen LogP contribution is -2.23. The van der Waals surface area contributed by atoms with Crippen LogP contribution < -0.4 is 10.1 Å². The third-order valence-electron chi connectivity index (χ3n) is 3.99. The molecule has 1 aromatic heterocycles. The van der Waals surface area contributed by atoms with Crippen molar-refractivity contribution in [3.63, 3.8) is 0 Å². The minimum Gasteiger partial charge on any atom is -0.495 e. The average molecular weight is 440 g/mol. The number of methoxy groups -OCH3 is 1. The molecule has 8 nitrogen and oxygen atoms in total. The molecule has 12 heteroatoms. The lowest BCUT2D eigenvalue weighted by molar-refractivity contribution is -0.0436. The second-order valence-corrected chi connectivity index (χ2v) is 7.99. The van der Waals surface area contributed by atoms with Crippen molar-refractivity contribution < 1.29 is 31.1 Å². The Labute approximate surface area is 169 Å². The van der Waals surface area contributed by atoms with Crippen molar-refractivity contribution in [2.45, 2.75) is 16.9 Å². The quantitative estimate of drug-likeness (QED) is 0.632. The topological polar surface area (TPSA) is 103 Å². The van der Waals surface area contributed by atoms with Gasteiger partial charge in [0.15, 0.2) is 5.69 Å². The molecule has 0 unspecified atom stereocenters. The summed E-state index contributed by atoms with van der Waals surface area (Å²) in [6.45, 7) is 0.351. The Morgan fingerprint density at radius 2 is 1.87 bits per heavy atom. The van der Waals surface area contributed by atoms with E-state index in [-0.39, 0.29) is 17.1 Å². The Morgan fingerprint density at radius 1 is 1.17 bits per heavy atom. The lowest BCUT2D eigenvalue weighted by atomic mass is 10.2. The van der Waals surface area contributed by atoms with Crippen LogP contribution in [-0.2, 0) is 16.4 Å². The summed E-state index contributed by atoms with van der Waals surface area (Å²) in [5.74, 6) is -0.824. The van der Waals surface area contributed by atoms with Gasteiger partial charge < -0.3 is 10.1 Å². The molecule has 1 heterocycles. The summed E-state index contributed by atoms with van der Waals surface area (Å²) >= 11 is 0. The van der Waals surface area contributed by atoms with Crippen LogP contribution in [0.5, 0.6) is 5.75 Å². The number of aromatic nitrogens is 3. The van der Waals surface area contributed by atoms with Crippen molar-refractivity contribution in [2.24, 2.45) is 0 Å². The molecule has 0 saturated carbocycles. The highest BCUT2D eigenvalue weighted by atomic mass is 32.2. The zero-order chi connectivity index (χ0) is 21.9. The van der Waals surface area contributed by atoms with E-state index in [1.807, 2.05) is 30.3 Å². The number of hydrogen-bond donors (Lipinski definition) is 1. The number of carbonyl (C=O) groups is 1. The molecular weight excluding hydrogens is 425 g/mol. The highest BCUT2D eigenvalue weighted by molar-refractivity contribution is 7.92. The first-order valence-corrected chi connectivity index (χ1v) is 9.85. The molecule has 0 aliphatic rings. The highest BCUT2D eigenvalue weighted by Crippen LogP contribution is 2.34. The standard InChI is InChI=1S/C18H15F3N4O4S/c1-29-16-8-7-13(30(27,28)18(19,20)21)9-14(16)22-17(26)15-11-25(24-23-15)10-12-5-3-2-4-6-12/h2-9,11H,10H2,1H3,(H,22,26). The molecule has 0 bridgehead atoms. The fraction of sp³-hybridized carbons (Fsp3) is 0.167.